The Morgan fingerprint density at radius 2 is 1.07 bits per heavy atom. The molecule has 11 nitrogen and oxygen atoms in total. The monoisotopic (exact) mass is 1150 g/mol. The minimum Gasteiger partial charge on any atom is -0.448 e. The molecule has 0 spiro atoms. The number of carbonyl (C=O) groups excluding carboxylic acids is 3. The standard InChI is InChI=1S/C70H54N6O5S3/c77-64(73-61-65(78)76-62(51(47-83-66(61)76)43-46-82-58-41-44-71-45-42-58)67(79)80-63(49-25-9-1-10-26-49)50-27-11-2-12-28-50)60(75-81-70(55-35-19-6-20-36-55,56-37-21-7-22-38-56)57-39-23-8-24-40-57)59-48-84-68(72-59)74-69(52-29-13-3-14-30-52,53-31-15-4-16-32-53)54-33-17-5-18-34-54/h1-46,48,61,63,66H,47H2,(H,72,74)(H,73,77)/t61?,66-/m1/s1. The van der Waals surface area contributed by atoms with Gasteiger partial charge in [-0.25, -0.2) is 9.78 Å². The summed E-state index contributed by atoms with van der Waals surface area (Å²) in [6, 6.07) is 81.5. The lowest BCUT2D eigenvalue weighted by Gasteiger charge is -2.49. The largest absolute Gasteiger partial charge is 0.448 e. The minimum atomic E-state index is -1.38. The van der Waals surface area contributed by atoms with Crippen LogP contribution in [0.25, 0.3) is 0 Å². The van der Waals surface area contributed by atoms with Crippen molar-refractivity contribution in [2.24, 2.45) is 5.16 Å². The smallest absolute Gasteiger partial charge is 0.356 e. The van der Waals surface area contributed by atoms with Gasteiger partial charge in [0.15, 0.2) is 16.9 Å². The number of hydrogen-bond donors (Lipinski definition) is 2. The second kappa shape index (κ2) is 25.3. The molecule has 0 bridgehead atoms. The van der Waals surface area contributed by atoms with Gasteiger partial charge in [0, 0.05) is 45.1 Å². The summed E-state index contributed by atoms with van der Waals surface area (Å²) in [6.07, 6.45) is 4.49. The zero-order chi connectivity index (χ0) is 57.1. The number of pyridine rings is 1. The number of hydrogen-bond acceptors (Lipinski definition) is 12. The highest BCUT2D eigenvalue weighted by Gasteiger charge is 2.55. The van der Waals surface area contributed by atoms with Crippen molar-refractivity contribution in [1.29, 1.82) is 0 Å². The molecule has 1 saturated heterocycles. The van der Waals surface area contributed by atoms with Crippen LogP contribution < -0.4 is 10.6 Å². The van der Waals surface area contributed by atoms with Crippen LogP contribution in [-0.2, 0) is 35.1 Å². The van der Waals surface area contributed by atoms with Gasteiger partial charge in [-0.05, 0) is 57.0 Å². The van der Waals surface area contributed by atoms with E-state index in [0.29, 0.717) is 16.5 Å². The van der Waals surface area contributed by atoms with Crippen LogP contribution in [-0.4, -0.2) is 55.5 Å². The molecule has 2 amide bonds. The van der Waals surface area contributed by atoms with Crippen LogP contribution in [0.4, 0.5) is 5.13 Å². The van der Waals surface area contributed by atoms with Gasteiger partial charge >= 0.3 is 5.97 Å². The van der Waals surface area contributed by atoms with Crippen LogP contribution in [0.5, 0.6) is 0 Å². The molecule has 2 aliphatic heterocycles. The molecule has 0 saturated carbocycles. The van der Waals surface area contributed by atoms with Crippen molar-refractivity contribution in [3.05, 3.63) is 346 Å². The Labute approximate surface area is 499 Å². The highest BCUT2D eigenvalue weighted by atomic mass is 32.2. The van der Waals surface area contributed by atoms with E-state index in [1.54, 1.807) is 17.8 Å². The lowest BCUT2D eigenvalue weighted by molar-refractivity contribution is -0.154. The number of nitrogens with zero attached hydrogens (tertiary/aromatic N) is 4. The SMILES string of the molecule is O=C(NC1C(=O)N2C(C(=O)OC(c3ccccc3)c3ccccc3)=C(C=CSc3ccncc3)CS[C@H]12)C(=NOC(c1ccccc1)(c1ccccc1)c1ccccc1)c1csc(NC(c2ccccc2)(c2ccccc2)c2ccccc2)n1. The second-order valence-corrected chi connectivity index (χ2v) is 22.7. The Morgan fingerprint density at radius 3 is 1.55 bits per heavy atom. The van der Waals surface area contributed by atoms with Crippen molar-refractivity contribution >= 4 is 63.5 Å². The highest BCUT2D eigenvalue weighted by Crippen LogP contribution is 2.45. The number of thiazole rings is 1. The van der Waals surface area contributed by atoms with Gasteiger partial charge in [0.2, 0.25) is 5.60 Å². The van der Waals surface area contributed by atoms with Gasteiger partial charge in [0.25, 0.3) is 11.8 Å². The molecule has 8 aromatic carbocycles. The van der Waals surface area contributed by atoms with Crippen LogP contribution in [0.1, 0.15) is 56.3 Å². The van der Waals surface area contributed by atoms with Crippen molar-refractivity contribution < 1.29 is 24.0 Å². The Balaban J connectivity index is 0.934. The van der Waals surface area contributed by atoms with Gasteiger partial charge in [0.05, 0.1) is 0 Å². The maximum Gasteiger partial charge on any atom is 0.356 e. The Bertz CT molecular complexity index is 3730. The first-order valence-corrected chi connectivity index (χ1v) is 30.1. The number of ether oxygens (including phenoxy) is 1. The van der Waals surface area contributed by atoms with E-state index in [4.69, 9.17) is 19.7 Å². The molecule has 10 aromatic rings. The summed E-state index contributed by atoms with van der Waals surface area (Å²) in [5.41, 5.74) is 5.07. The number of esters is 1. The number of carbonyl (C=O) groups is 3. The summed E-state index contributed by atoms with van der Waals surface area (Å²) in [7, 11) is 0. The Hall–Kier alpha value is -9.60. The van der Waals surface area contributed by atoms with Crippen LogP contribution in [0.15, 0.2) is 305 Å². The molecule has 0 aliphatic carbocycles. The van der Waals surface area contributed by atoms with E-state index in [9.17, 15) is 4.79 Å². The summed E-state index contributed by atoms with van der Waals surface area (Å²) in [5, 5.41) is 15.3. The molecule has 14 heteroatoms. The average Bonchev–Trinajstić information content (AvgIpc) is 2.37. The molecular formula is C70H54N6O5S3. The first kappa shape index (κ1) is 55.0. The van der Waals surface area contributed by atoms with Crippen LogP contribution >= 0.6 is 34.9 Å². The number of benzene rings is 8. The van der Waals surface area contributed by atoms with Gasteiger partial charge in [-0.1, -0.05) is 260 Å². The number of allylic oxidation sites excluding steroid dienone is 1. The first-order chi connectivity index (χ1) is 41.4. The predicted molar refractivity (Wildman–Crippen MR) is 334 cm³/mol. The molecule has 2 aromatic heterocycles. The van der Waals surface area contributed by atoms with E-state index in [-0.39, 0.29) is 17.1 Å². The topological polar surface area (TPSA) is 135 Å². The van der Waals surface area contributed by atoms with E-state index < -0.39 is 46.4 Å². The highest BCUT2D eigenvalue weighted by molar-refractivity contribution is 8.02. The molecule has 412 valence electrons. The fourth-order valence-corrected chi connectivity index (χ4v) is 13.4. The molecule has 1 unspecified atom stereocenters. The third kappa shape index (κ3) is 11.2. The summed E-state index contributed by atoms with van der Waals surface area (Å²) in [5.74, 6) is -1.57. The molecule has 2 atom stereocenters. The van der Waals surface area contributed by atoms with Gasteiger partial charge in [0.1, 0.15) is 28.3 Å². The maximum atomic E-state index is 15.6. The fourth-order valence-electron chi connectivity index (χ4n) is 10.7. The number of aromatic nitrogens is 2. The Kier molecular flexibility index (Phi) is 16.5. The lowest BCUT2D eigenvalue weighted by atomic mass is 9.77. The summed E-state index contributed by atoms with van der Waals surface area (Å²) in [4.78, 5) is 64.4. The molecule has 84 heavy (non-hydrogen) atoms. The zero-order valence-electron chi connectivity index (χ0n) is 45.1. The van der Waals surface area contributed by atoms with Gasteiger partial charge < -0.3 is 20.2 Å². The number of β-lactam (4-membered cyclic amide) rings is 1. The zero-order valence-corrected chi connectivity index (χ0v) is 47.6. The van der Waals surface area contributed by atoms with E-state index in [1.165, 1.54) is 39.8 Å². The van der Waals surface area contributed by atoms with Crippen LogP contribution in [0, 0.1) is 0 Å². The van der Waals surface area contributed by atoms with Crippen molar-refractivity contribution in [2.75, 3.05) is 11.1 Å². The molecule has 2 aliphatic rings. The summed E-state index contributed by atoms with van der Waals surface area (Å²) < 4.78 is 6.48. The molecule has 12 rings (SSSR count). The number of nitrogens with one attached hydrogen (secondary N) is 2. The number of fused-ring (bicyclic) bond motifs is 1. The third-order valence-corrected chi connectivity index (χ3v) is 17.6. The maximum absolute atomic E-state index is 15.6. The van der Waals surface area contributed by atoms with Crippen LogP contribution in [0.3, 0.4) is 0 Å². The van der Waals surface area contributed by atoms with Gasteiger partial charge in [-0.3, -0.25) is 19.5 Å². The quantitative estimate of drug-likeness (QED) is 0.0190. The molecule has 0 radical (unpaired) electrons. The second-order valence-electron chi connectivity index (χ2n) is 19.8. The first-order valence-electron chi connectivity index (χ1n) is 27.3. The minimum absolute atomic E-state index is 0.0993. The molecular weight excluding hydrogens is 1100 g/mol. The number of thioether (sulfide) groups is 2. The molecule has 2 N–H and O–H groups in total. The van der Waals surface area contributed by atoms with Crippen molar-refractivity contribution in [3.63, 3.8) is 0 Å². The third-order valence-electron chi connectivity index (χ3n) is 14.7. The number of amides is 2. The van der Waals surface area contributed by atoms with Gasteiger partial charge in [-0.2, -0.15) is 0 Å². The van der Waals surface area contributed by atoms with Crippen molar-refractivity contribution in [3.8, 4) is 0 Å². The number of rotatable bonds is 20. The fraction of sp³-hybridized carbons (Fsp3) is 0.0857. The van der Waals surface area contributed by atoms with E-state index >= 15 is 9.59 Å². The number of oxime groups is 1. The van der Waals surface area contributed by atoms with E-state index in [2.05, 4.69) is 52.0 Å². The average molecular weight is 1160 g/mol. The van der Waals surface area contributed by atoms with E-state index in [1.807, 2.05) is 230 Å². The van der Waals surface area contributed by atoms with Gasteiger partial charge in [-0.15, -0.1) is 23.1 Å². The van der Waals surface area contributed by atoms with E-state index in [0.717, 1.165) is 49.4 Å². The summed E-state index contributed by atoms with van der Waals surface area (Å²) >= 11 is 4.20. The summed E-state index contributed by atoms with van der Waals surface area (Å²) in [6.45, 7) is 0. The van der Waals surface area contributed by atoms with Crippen molar-refractivity contribution in [2.45, 2.75) is 33.6 Å². The van der Waals surface area contributed by atoms with Crippen LogP contribution in [0.2, 0.25) is 0 Å². The predicted octanol–water partition coefficient (Wildman–Crippen LogP) is 13.9. The Morgan fingerprint density at radius 1 is 0.619 bits per heavy atom. The number of anilines is 1. The lowest BCUT2D eigenvalue weighted by Crippen LogP contribution is -2.71. The molecule has 4 heterocycles. The molecule has 1 fully saturated rings. The van der Waals surface area contributed by atoms with Crippen molar-refractivity contribution in [1.82, 2.24) is 20.2 Å². The normalized spacial score (nSPS) is 15.3.